The topological polar surface area (TPSA) is 78.0 Å². The molecule has 2 aromatic carbocycles. The van der Waals surface area contributed by atoms with Gasteiger partial charge in [0.25, 0.3) is 5.56 Å². The number of aliphatic hydroxyl groups excluding tert-OH is 1. The SMILES string of the molecule is COc1cc(-n2cnn3cc(-c4ccc(Cl)cc4)cc3c2=O)ccc1OCC(O)C1CC1. The third-order valence-electron chi connectivity index (χ3n) is 5.71. The first-order chi connectivity index (χ1) is 15.5. The molecule has 5 rings (SSSR count). The number of aromatic nitrogens is 3. The summed E-state index contributed by atoms with van der Waals surface area (Å²) in [6.07, 6.45) is 4.90. The van der Waals surface area contributed by atoms with E-state index in [-0.39, 0.29) is 12.2 Å². The van der Waals surface area contributed by atoms with Crippen molar-refractivity contribution in [1.82, 2.24) is 14.2 Å². The molecule has 164 valence electrons. The van der Waals surface area contributed by atoms with Crippen LogP contribution < -0.4 is 15.0 Å². The molecular weight excluding hydrogens is 430 g/mol. The number of nitrogens with zero attached hydrogens (tertiary/aromatic N) is 3. The summed E-state index contributed by atoms with van der Waals surface area (Å²) in [4.78, 5) is 13.2. The Morgan fingerprint density at radius 3 is 2.62 bits per heavy atom. The molecule has 0 bridgehead atoms. The second kappa shape index (κ2) is 8.33. The molecule has 0 saturated heterocycles. The monoisotopic (exact) mass is 451 g/mol. The smallest absolute Gasteiger partial charge is 0.282 e. The van der Waals surface area contributed by atoms with Gasteiger partial charge in [-0.1, -0.05) is 23.7 Å². The van der Waals surface area contributed by atoms with Gasteiger partial charge in [-0.3, -0.25) is 9.36 Å². The van der Waals surface area contributed by atoms with Crippen molar-refractivity contribution in [3.63, 3.8) is 0 Å². The molecule has 32 heavy (non-hydrogen) atoms. The lowest BCUT2D eigenvalue weighted by atomic mass is 10.1. The van der Waals surface area contributed by atoms with Gasteiger partial charge in [0, 0.05) is 22.8 Å². The van der Waals surface area contributed by atoms with Gasteiger partial charge in [0.05, 0.1) is 18.9 Å². The average molecular weight is 452 g/mol. The van der Waals surface area contributed by atoms with Gasteiger partial charge in [-0.05, 0) is 54.7 Å². The molecule has 0 radical (unpaired) electrons. The van der Waals surface area contributed by atoms with Crippen LogP contribution in [0.15, 0.2) is 65.8 Å². The van der Waals surface area contributed by atoms with Gasteiger partial charge in [-0.15, -0.1) is 0 Å². The molecule has 7 nitrogen and oxygen atoms in total. The lowest BCUT2D eigenvalue weighted by Crippen LogP contribution is -2.21. The third-order valence-corrected chi connectivity index (χ3v) is 5.96. The van der Waals surface area contributed by atoms with E-state index >= 15 is 0 Å². The van der Waals surface area contributed by atoms with Gasteiger partial charge < -0.3 is 14.6 Å². The van der Waals surface area contributed by atoms with Gasteiger partial charge in [-0.2, -0.15) is 5.10 Å². The number of halogens is 1. The van der Waals surface area contributed by atoms with E-state index < -0.39 is 6.10 Å². The number of benzene rings is 2. The molecule has 1 saturated carbocycles. The van der Waals surface area contributed by atoms with E-state index in [1.54, 1.807) is 29.8 Å². The fourth-order valence-electron chi connectivity index (χ4n) is 3.69. The molecule has 1 N–H and O–H groups in total. The minimum Gasteiger partial charge on any atom is -0.493 e. The Kier molecular flexibility index (Phi) is 5.36. The van der Waals surface area contributed by atoms with Crippen molar-refractivity contribution in [3.8, 4) is 28.3 Å². The van der Waals surface area contributed by atoms with Crippen LogP contribution in [0.2, 0.25) is 5.02 Å². The highest BCUT2D eigenvalue weighted by atomic mass is 35.5. The molecule has 4 aromatic rings. The van der Waals surface area contributed by atoms with E-state index in [0.717, 1.165) is 24.0 Å². The minimum absolute atomic E-state index is 0.208. The highest BCUT2D eigenvalue weighted by Gasteiger charge is 2.30. The molecule has 0 amide bonds. The lowest BCUT2D eigenvalue weighted by Gasteiger charge is -2.15. The molecule has 0 spiro atoms. The number of hydrogen-bond acceptors (Lipinski definition) is 5. The van der Waals surface area contributed by atoms with E-state index in [0.29, 0.717) is 33.6 Å². The van der Waals surface area contributed by atoms with Crippen molar-refractivity contribution in [2.45, 2.75) is 18.9 Å². The second-order valence-corrected chi connectivity index (χ2v) is 8.36. The van der Waals surface area contributed by atoms with Gasteiger partial charge >= 0.3 is 0 Å². The van der Waals surface area contributed by atoms with Crippen LogP contribution in [0.25, 0.3) is 22.3 Å². The zero-order valence-electron chi connectivity index (χ0n) is 17.4. The molecule has 8 heteroatoms. The summed E-state index contributed by atoms with van der Waals surface area (Å²) in [7, 11) is 1.54. The van der Waals surface area contributed by atoms with Crippen LogP contribution in [-0.4, -0.2) is 39.1 Å². The van der Waals surface area contributed by atoms with E-state index in [9.17, 15) is 9.90 Å². The van der Waals surface area contributed by atoms with Crippen molar-refractivity contribution >= 4 is 17.1 Å². The summed E-state index contributed by atoms with van der Waals surface area (Å²) in [5, 5.41) is 15.1. The Labute approximate surface area is 189 Å². The van der Waals surface area contributed by atoms with E-state index in [2.05, 4.69) is 5.10 Å². The number of ether oxygens (including phenoxy) is 2. The van der Waals surface area contributed by atoms with Crippen molar-refractivity contribution in [1.29, 1.82) is 0 Å². The maximum absolute atomic E-state index is 13.2. The summed E-state index contributed by atoms with van der Waals surface area (Å²) in [6, 6.07) is 14.5. The summed E-state index contributed by atoms with van der Waals surface area (Å²) >= 11 is 5.98. The van der Waals surface area contributed by atoms with Crippen LogP contribution in [0, 0.1) is 5.92 Å². The first kappa shape index (κ1) is 20.6. The summed E-state index contributed by atoms with van der Waals surface area (Å²) in [6.45, 7) is 0.214. The van der Waals surface area contributed by atoms with Gasteiger partial charge in [0.15, 0.2) is 11.5 Å². The number of methoxy groups -OCH3 is 1. The highest BCUT2D eigenvalue weighted by Crippen LogP contribution is 2.34. The Morgan fingerprint density at radius 1 is 1.12 bits per heavy atom. The molecule has 1 atom stereocenters. The number of rotatable bonds is 7. The predicted molar refractivity (Wildman–Crippen MR) is 122 cm³/mol. The van der Waals surface area contributed by atoms with Crippen LogP contribution in [0.3, 0.4) is 0 Å². The minimum atomic E-state index is -0.474. The van der Waals surface area contributed by atoms with Gasteiger partial charge in [-0.25, -0.2) is 4.52 Å². The number of hydrogen-bond donors (Lipinski definition) is 1. The summed E-state index contributed by atoms with van der Waals surface area (Å²) in [5.74, 6) is 1.33. The number of aliphatic hydroxyl groups is 1. The molecule has 2 heterocycles. The second-order valence-electron chi connectivity index (χ2n) is 7.92. The zero-order chi connectivity index (χ0) is 22.2. The molecule has 1 aliphatic rings. The highest BCUT2D eigenvalue weighted by molar-refractivity contribution is 6.30. The normalized spacial score (nSPS) is 14.5. The largest absolute Gasteiger partial charge is 0.493 e. The van der Waals surface area contributed by atoms with Crippen LogP contribution in [-0.2, 0) is 0 Å². The quantitative estimate of drug-likeness (QED) is 0.460. The van der Waals surface area contributed by atoms with Crippen molar-refractivity contribution in [2.24, 2.45) is 5.92 Å². The lowest BCUT2D eigenvalue weighted by molar-refractivity contribution is 0.0880. The summed E-state index contributed by atoms with van der Waals surface area (Å²) in [5.41, 5.74) is 2.66. The molecule has 1 fully saturated rings. The molecule has 0 aliphatic heterocycles. The van der Waals surface area contributed by atoms with Crippen LogP contribution in [0.1, 0.15) is 12.8 Å². The van der Waals surface area contributed by atoms with Gasteiger partial charge in [0.1, 0.15) is 18.5 Å². The van der Waals surface area contributed by atoms with Crippen LogP contribution in [0.4, 0.5) is 0 Å². The Bertz CT molecular complexity index is 1330. The zero-order valence-corrected chi connectivity index (χ0v) is 18.2. The van der Waals surface area contributed by atoms with E-state index in [1.807, 2.05) is 36.5 Å². The first-order valence-corrected chi connectivity index (χ1v) is 10.8. The van der Waals surface area contributed by atoms with E-state index in [1.165, 1.54) is 10.9 Å². The molecule has 2 aromatic heterocycles. The van der Waals surface area contributed by atoms with E-state index in [4.69, 9.17) is 21.1 Å². The molecule has 1 unspecified atom stereocenters. The van der Waals surface area contributed by atoms with Crippen molar-refractivity contribution < 1.29 is 14.6 Å². The molecule has 1 aliphatic carbocycles. The Balaban J connectivity index is 1.46. The number of fused-ring (bicyclic) bond motifs is 1. The molecular formula is C24H22ClN3O4. The standard InChI is InChI=1S/C24H22ClN3O4/c1-31-23-11-19(8-9-22(23)32-13-21(29)16-2-3-16)27-14-26-28-12-17(10-20(28)24(27)30)15-4-6-18(25)7-5-15/h4-12,14,16,21,29H,2-3,13H2,1H3. The maximum atomic E-state index is 13.2. The fraction of sp³-hybridized carbons (Fsp3) is 0.250. The maximum Gasteiger partial charge on any atom is 0.282 e. The predicted octanol–water partition coefficient (Wildman–Crippen LogP) is 3.96. The van der Waals surface area contributed by atoms with Crippen LogP contribution >= 0.6 is 11.6 Å². The first-order valence-electron chi connectivity index (χ1n) is 10.4. The van der Waals surface area contributed by atoms with Crippen LogP contribution in [0.5, 0.6) is 11.5 Å². The Morgan fingerprint density at radius 2 is 1.91 bits per heavy atom. The van der Waals surface area contributed by atoms with Gasteiger partial charge in [0.2, 0.25) is 0 Å². The van der Waals surface area contributed by atoms with Crippen molar-refractivity contribution in [2.75, 3.05) is 13.7 Å². The van der Waals surface area contributed by atoms with Crippen molar-refractivity contribution in [3.05, 3.63) is 76.4 Å². The average Bonchev–Trinajstić information content (AvgIpc) is 3.57. The third kappa shape index (κ3) is 3.97. The fourth-order valence-corrected chi connectivity index (χ4v) is 3.82. The summed E-state index contributed by atoms with van der Waals surface area (Å²) < 4.78 is 14.2. The Hall–Kier alpha value is -3.29.